The van der Waals surface area contributed by atoms with E-state index >= 15 is 0 Å². The molecular formula is C10H14N2O. The summed E-state index contributed by atoms with van der Waals surface area (Å²) in [4.78, 5) is 11.4. The summed E-state index contributed by atoms with van der Waals surface area (Å²) < 4.78 is 0. The van der Waals surface area contributed by atoms with Gasteiger partial charge in [0.2, 0.25) is 5.91 Å². The SMILES string of the molecule is CC#CCNC(=O)C(C)(C#N)CC. The van der Waals surface area contributed by atoms with Crippen LogP contribution >= 0.6 is 0 Å². The molecule has 0 radical (unpaired) electrons. The first-order valence-corrected chi connectivity index (χ1v) is 4.20. The van der Waals surface area contributed by atoms with E-state index in [-0.39, 0.29) is 5.91 Å². The Morgan fingerprint density at radius 3 is 2.62 bits per heavy atom. The van der Waals surface area contributed by atoms with Gasteiger partial charge >= 0.3 is 0 Å². The molecule has 1 unspecified atom stereocenters. The van der Waals surface area contributed by atoms with Crippen LogP contribution in [0.4, 0.5) is 0 Å². The van der Waals surface area contributed by atoms with Crippen LogP contribution in [-0.4, -0.2) is 12.5 Å². The number of carbonyl (C=O) groups is 1. The first kappa shape index (κ1) is 11.5. The Labute approximate surface area is 79.1 Å². The van der Waals surface area contributed by atoms with Crippen LogP contribution in [0.25, 0.3) is 0 Å². The van der Waals surface area contributed by atoms with Crippen molar-refractivity contribution in [1.82, 2.24) is 5.32 Å². The maximum atomic E-state index is 11.4. The summed E-state index contributed by atoms with van der Waals surface area (Å²) in [5.41, 5.74) is -0.921. The summed E-state index contributed by atoms with van der Waals surface area (Å²) in [6.07, 6.45) is 0.509. The van der Waals surface area contributed by atoms with Crippen LogP contribution < -0.4 is 5.32 Å². The maximum Gasteiger partial charge on any atom is 0.240 e. The predicted molar refractivity (Wildman–Crippen MR) is 50.5 cm³/mol. The van der Waals surface area contributed by atoms with Gasteiger partial charge in [0, 0.05) is 0 Å². The second-order valence-electron chi connectivity index (χ2n) is 2.91. The molecule has 0 aromatic carbocycles. The van der Waals surface area contributed by atoms with Gasteiger partial charge in [0.25, 0.3) is 0 Å². The van der Waals surface area contributed by atoms with Crippen LogP contribution in [-0.2, 0) is 4.79 Å². The summed E-state index contributed by atoms with van der Waals surface area (Å²) in [5, 5.41) is 11.4. The second kappa shape index (κ2) is 5.22. The largest absolute Gasteiger partial charge is 0.344 e. The summed E-state index contributed by atoms with van der Waals surface area (Å²) >= 11 is 0. The monoisotopic (exact) mass is 178 g/mol. The Hall–Kier alpha value is -1.48. The molecule has 13 heavy (non-hydrogen) atoms. The van der Waals surface area contributed by atoms with Crippen molar-refractivity contribution in [2.45, 2.75) is 27.2 Å². The molecular weight excluding hydrogens is 164 g/mol. The van der Waals surface area contributed by atoms with E-state index in [0.717, 1.165) is 0 Å². The molecule has 3 nitrogen and oxygen atoms in total. The lowest BCUT2D eigenvalue weighted by molar-refractivity contribution is -0.127. The van der Waals surface area contributed by atoms with Crippen molar-refractivity contribution < 1.29 is 4.79 Å². The molecule has 0 heterocycles. The fraction of sp³-hybridized carbons (Fsp3) is 0.600. The third-order valence-electron chi connectivity index (χ3n) is 1.97. The van der Waals surface area contributed by atoms with Crippen LogP contribution in [0.2, 0.25) is 0 Å². The molecule has 1 N–H and O–H groups in total. The van der Waals surface area contributed by atoms with Gasteiger partial charge in [-0.2, -0.15) is 5.26 Å². The lowest BCUT2D eigenvalue weighted by Crippen LogP contribution is -2.37. The first-order valence-electron chi connectivity index (χ1n) is 4.20. The average Bonchev–Trinajstić information content (AvgIpc) is 2.17. The molecule has 0 aromatic rings. The quantitative estimate of drug-likeness (QED) is 0.657. The Morgan fingerprint density at radius 2 is 2.23 bits per heavy atom. The van der Waals surface area contributed by atoms with Crippen molar-refractivity contribution in [3.05, 3.63) is 0 Å². The highest BCUT2D eigenvalue weighted by Gasteiger charge is 2.30. The minimum Gasteiger partial charge on any atom is -0.344 e. The lowest BCUT2D eigenvalue weighted by atomic mass is 9.88. The van der Waals surface area contributed by atoms with Gasteiger partial charge in [-0.25, -0.2) is 0 Å². The Balaban J connectivity index is 4.23. The van der Waals surface area contributed by atoms with Crippen LogP contribution in [0, 0.1) is 28.6 Å². The van der Waals surface area contributed by atoms with E-state index in [1.54, 1.807) is 13.8 Å². The molecule has 0 bridgehead atoms. The highest BCUT2D eigenvalue weighted by molar-refractivity contribution is 5.85. The number of nitrogens with one attached hydrogen (secondary N) is 1. The second-order valence-corrected chi connectivity index (χ2v) is 2.91. The number of nitrogens with zero attached hydrogens (tertiary/aromatic N) is 1. The van der Waals surface area contributed by atoms with Crippen molar-refractivity contribution in [2.24, 2.45) is 5.41 Å². The van der Waals surface area contributed by atoms with E-state index in [9.17, 15) is 4.79 Å². The number of hydrogen-bond donors (Lipinski definition) is 1. The third kappa shape index (κ3) is 3.17. The highest BCUT2D eigenvalue weighted by Crippen LogP contribution is 2.19. The van der Waals surface area contributed by atoms with Crippen molar-refractivity contribution in [1.29, 1.82) is 5.26 Å². The minimum atomic E-state index is -0.921. The lowest BCUT2D eigenvalue weighted by Gasteiger charge is -2.17. The fourth-order valence-electron chi connectivity index (χ4n) is 0.698. The zero-order valence-electron chi connectivity index (χ0n) is 8.27. The predicted octanol–water partition coefficient (Wildman–Crippen LogP) is 1.07. The van der Waals surface area contributed by atoms with Crippen LogP contribution in [0.1, 0.15) is 27.2 Å². The molecule has 1 atom stereocenters. The van der Waals surface area contributed by atoms with Crippen molar-refractivity contribution in [3.63, 3.8) is 0 Å². The maximum absolute atomic E-state index is 11.4. The Morgan fingerprint density at radius 1 is 1.62 bits per heavy atom. The third-order valence-corrected chi connectivity index (χ3v) is 1.97. The molecule has 0 saturated heterocycles. The first-order chi connectivity index (χ1) is 6.10. The average molecular weight is 178 g/mol. The van der Waals surface area contributed by atoms with E-state index in [1.807, 2.05) is 13.0 Å². The molecule has 0 aliphatic rings. The van der Waals surface area contributed by atoms with Crippen LogP contribution in [0.15, 0.2) is 0 Å². The normalized spacial score (nSPS) is 13.1. The van der Waals surface area contributed by atoms with Gasteiger partial charge in [-0.1, -0.05) is 12.8 Å². The molecule has 0 fully saturated rings. The van der Waals surface area contributed by atoms with E-state index in [4.69, 9.17) is 5.26 Å². The number of nitriles is 1. The smallest absolute Gasteiger partial charge is 0.240 e. The fourth-order valence-corrected chi connectivity index (χ4v) is 0.698. The molecule has 3 heteroatoms. The van der Waals surface area contributed by atoms with Gasteiger partial charge in [-0.3, -0.25) is 4.79 Å². The van der Waals surface area contributed by atoms with E-state index in [2.05, 4.69) is 17.2 Å². The van der Waals surface area contributed by atoms with Gasteiger partial charge in [0.1, 0.15) is 5.41 Å². The van der Waals surface area contributed by atoms with Gasteiger partial charge in [-0.15, -0.1) is 5.92 Å². The Bertz CT molecular complexity index is 280. The standard InChI is InChI=1S/C10H14N2O/c1-4-6-7-12-9(13)10(3,5-2)8-11/h5,7H2,1-3H3,(H,12,13). The van der Waals surface area contributed by atoms with Gasteiger partial charge < -0.3 is 5.32 Å². The molecule has 0 aromatic heterocycles. The summed E-state index contributed by atoms with van der Waals surface area (Å²) in [5.74, 6) is 5.12. The molecule has 70 valence electrons. The highest BCUT2D eigenvalue weighted by atomic mass is 16.2. The molecule has 0 saturated carbocycles. The summed E-state index contributed by atoms with van der Waals surface area (Å²) in [6, 6.07) is 1.99. The Kier molecular flexibility index (Phi) is 4.62. The van der Waals surface area contributed by atoms with Crippen molar-refractivity contribution in [3.8, 4) is 17.9 Å². The summed E-state index contributed by atoms with van der Waals surface area (Å²) in [6.45, 7) is 5.46. The van der Waals surface area contributed by atoms with E-state index < -0.39 is 5.41 Å². The number of hydrogen-bond acceptors (Lipinski definition) is 2. The molecule has 0 aliphatic heterocycles. The molecule has 0 rings (SSSR count). The zero-order valence-corrected chi connectivity index (χ0v) is 8.27. The minimum absolute atomic E-state index is 0.250. The van der Waals surface area contributed by atoms with Crippen molar-refractivity contribution >= 4 is 5.91 Å². The summed E-state index contributed by atoms with van der Waals surface area (Å²) in [7, 11) is 0. The van der Waals surface area contributed by atoms with Gasteiger partial charge in [0.15, 0.2) is 0 Å². The molecule has 0 aliphatic carbocycles. The van der Waals surface area contributed by atoms with Crippen LogP contribution in [0.3, 0.4) is 0 Å². The zero-order chi connectivity index (χ0) is 10.3. The molecule has 1 amide bonds. The topological polar surface area (TPSA) is 52.9 Å². The number of rotatable bonds is 3. The van der Waals surface area contributed by atoms with E-state index in [1.165, 1.54) is 0 Å². The molecule has 0 spiro atoms. The van der Waals surface area contributed by atoms with Crippen molar-refractivity contribution in [2.75, 3.05) is 6.54 Å². The van der Waals surface area contributed by atoms with Crippen LogP contribution in [0.5, 0.6) is 0 Å². The van der Waals surface area contributed by atoms with Gasteiger partial charge in [0.05, 0.1) is 12.6 Å². The number of carbonyl (C=O) groups excluding carboxylic acids is 1. The van der Waals surface area contributed by atoms with Gasteiger partial charge in [-0.05, 0) is 20.3 Å². The number of amides is 1. The van der Waals surface area contributed by atoms with E-state index in [0.29, 0.717) is 13.0 Å².